The Morgan fingerprint density at radius 2 is 2.18 bits per heavy atom. The molecule has 0 aliphatic carbocycles. The van der Waals surface area contributed by atoms with Crippen LogP contribution < -0.4 is 0 Å². The highest BCUT2D eigenvalue weighted by atomic mass is 16.6. The van der Waals surface area contributed by atoms with Gasteiger partial charge in [-0.1, -0.05) is 43.7 Å². The molecule has 0 spiro atoms. The molecule has 0 aromatic heterocycles. The van der Waals surface area contributed by atoms with Crippen LogP contribution in [0.2, 0.25) is 0 Å². The van der Waals surface area contributed by atoms with Crippen molar-refractivity contribution in [3.8, 4) is 6.07 Å². The van der Waals surface area contributed by atoms with Crippen molar-refractivity contribution in [2.75, 3.05) is 6.54 Å². The average molecular weight is 300 g/mol. The minimum Gasteiger partial charge on any atom is -0.444 e. The summed E-state index contributed by atoms with van der Waals surface area (Å²) in [7, 11) is 0. The number of amides is 2. The molecule has 1 fully saturated rings. The predicted molar refractivity (Wildman–Crippen MR) is 80.8 cm³/mol. The summed E-state index contributed by atoms with van der Waals surface area (Å²) < 4.78 is 5.29. The largest absolute Gasteiger partial charge is 0.444 e. The Hall–Kier alpha value is -2.35. The SMILES string of the molecule is CCC[C@H](CC#N)C(=O)N1C[C@@H](Cc2ccccc2)OC1=O. The first-order valence-electron chi connectivity index (χ1n) is 7.58. The first kappa shape index (κ1) is 16.0. The van der Waals surface area contributed by atoms with Crippen LogP contribution in [0.4, 0.5) is 4.79 Å². The molecule has 1 aliphatic rings. The van der Waals surface area contributed by atoms with Gasteiger partial charge in [-0.25, -0.2) is 9.69 Å². The van der Waals surface area contributed by atoms with Gasteiger partial charge in [0.1, 0.15) is 6.10 Å². The Labute approximate surface area is 130 Å². The van der Waals surface area contributed by atoms with E-state index in [2.05, 4.69) is 0 Å². The molecule has 22 heavy (non-hydrogen) atoms. The van der Waals surface area contributed by atoms with Gasteiger partial charge >= 0.3 is 6.09 Å². The maximum absolute atomic E-state index is 12.4. The maximum atomic E-state index is 12.4. The zero-order valence-corrected chi connectivity index (χ0v) is 12.7. The fraction of sp³-hybridized carbons (Fsp3) is 0.471. The molecule has 0 saturated carbocycles. The third-order valence-electron chi connectivity index (χ3n) is 3.77. The van der Waals surface area contributed by atoms with Crippen LogP contribution in [0.25, 0.3) is 0 Å². The number of nitriles is 1. The summed E-state index contributed by atoms with van der Waals surface area (Å²) >= 11 is 0. The van der Waals surface area contributed by atoms with Crippen molar-refractivity contribution < 1.29 is 14.3 Å². The maximum Gasteiger partial charge on any atom is 0.417 e. The fourth-order valence-electron chi connectivity index (χ4n) is 2.68. The molecular weight excluding hydrogens is 280 g/mol. The van der Waals surface area contributed by atoms with Crippen molar-refractivity contribution in [1.82, 2.24) is 4.90 Å². The van der Waals surface area contributed by atoms with Crippen LogP contribution in [-0.2, 0) is 16.0 Å². The van der Waals surface area contributed by atoms with Crippen LogP contribution in [0.1, 0.15) is 31.7 Å². The van der Waals surface area contributed by atoms with E-state index in [1.165, 1.54) is 0 Å². The topological polar surface area (TPSA) is 70.4 Å². The summed E-state index contributed by atoms with van der Waals surface area (Å²) in [5.74, 6) is -0.706. The highest BCUT2D eigenvalue weighted by Gasteiger charge is 2.38. The minimum absolute atomic E-state index is 0.139. The Kier molecular flexibility index (Phi) is 5.54. The van der Waals surface area contributed by atoms with Crippen LogP contribution in [0.3, 0.4) is 0 Å². The van der Waals surface area contributed by atoms with Gasteiger partial charge in [-0.15, -0.1) is 0 Å². The van der Waals surface area contributed by atoms with Crippen molar-refractivity contribution in [2.45, 2.75) is 38.7 Å². The third-order valence-corrected chi connectivity index (χ3v) is 3.77. The van der Waals surface area contributed by atoms with Crippen LogP contribution in [-0.4, -0.2) is 29.5 Å². The van der Waals surface area contributed by atoms with Crippen molar-refractivity contribution in [3.05, 3.63) is 35.9 Å². The standard InChI is InChI=1S/C17H20N2O3/c1-2-6-14(9-10-18)16(20)19-12-15(22-17(19)21)11-13-7-4-3-5-8-13/h3-5,7-8,14-15H,2,6,9,11-12H2,1H3/t14-,15-/m1/s1. The number of hydrogen-bond donors (Lipinski definition) is 0. The van der Waals surface area contributed by atoms with Gasteiger partial charge in [0.2, 0.25) is 5.91 Å². The molecule has 1 heterocycles. The van der Waals surface area contributed by atoms with Crippen LogP contribution in [0.5, 0.6) is 0 Å². The highest BCUT2D eigenvalue weighted by molar-refractivity contribution is 5.94. The van der Waals surface area contributed by atoms with Crippen molar-refractivity contribution in [3.63, 3.8) is 0 Å². The van der Waals surface area contributed by atoms with E-state index in [0.29, 0.717) is 12.8 Å². The Bertz CT molecular complexity index is 565. The van der Waals surface area contributed by atoms with Gasteiger partial charge in [-0.05, 0) is 12.0 Å². The second-order valence-corrected chi connectivity index (χ2v) is 5.49. The molecule has 2 amide bonds. The van der Waals surface area contributed by atoms with E-state index in [9.17, 15) is 9.59 Å². The Morgan fingerprint density at radius 3 is 2.82 bits per heavy atom. The molecule has 0 radical (unpaired) electrons. The number of cyclic esters (lactones) is 1. The number of carbonyl (C=O) groups excluding carboxylic acids is 2. The van der Waals surface area contributed by atoms with Crippen LogP contribution in [0.15, 0.2) is 30.3 Å². The van der Waals surface area contributed by atoms with E-state index >= 15 is 0 Å². The highest BCUT2D eigenvalue weighted by Crippen LogP contribution is 2.21. The monoisotopic (exact) mass is 300 g/mol. The van der Waals surface area contributed by atoms with E-state index in [1.54, 1.807) is 0 Å². The van der Waals surface area contributed by atoms with Gasteiger partial charge in [0, 0.05) is 12.8 Å². The Balaban J connectivity index is 1.99. The second-order valence-electron chi connectivity index (χ2n) is 5.49. The van der Waals surface area contributed by atoms with Crippen molar-refractivity contribution >= 4 is 12.0 Å². The molecule has 1 saturated heterocycles. The summed E-state index contributed by atoms with van der Waals surface area (Å²) in [5.41, 5.74) is 1.07. The van der Waals surface area contributed by atoms with Gasteiger partial charge in [0.25, 0.3) is 0 Å². The number of ether oxygens (including phenoxy) is 1. The van der Waals surface area contributed by atoms with Gasteiger partial charge in [0.15, 0.2) is 0 Å². The van der Waals surface area contributed by atoms with Gasteiger partial charge in [0.05, 0.1) is 18.5 Å². The predicted octanol–water partition coefficient (Wildman–Crippen LogP) is 2.91. The zero-order valence-electron chi connectivity index (χ0n) is 12.7. The quantitative estimate of drug-likeness (QED) is 0.810. The lowest BCUT2D eigenvalue weighted by Gasteiger charge is -2.17. The van der Waals surface area contributed by atoms with E-state index in [1.807, 2.05) is 43.3 Å². The fourth-order valence-corrected chi connectivity index (χ4v) is 2.68. The molecule has 1 aromatic carbocycles. The number of rotatable bonds is 6. The molecule has 2 rings (SSSR count). The van der Waals surface area contributed by atoms with Crippen molar-refractivity contribution in [1.29, 1.82) is 5.26 Å². The number of imide groups is 1. The van der Waals surface area contributed by atoms with Crippen LogP contribution >= 0.6 is 0 Å². The number of nitrogens with zero attached hydrogens (tertiary/aromatic N) is 2. The first-order valence-corrected chi connectivity index (χ1v) is 7.58. The van der Waals surface area contributed by atoms with E-state index in [4.69, 9.17) is 10.00 Å². The molecular formula is C17H20N2O3. The summed E-state index contributed by atoms with van der Waals surface area (Å²) in [5, 5.41) is 8.83. The Morgan fingerprint density at radius 1 is 1.45 bits per heavy atom. The number of hydrogen-bond acceptors (Lipinski definition) is 4. The van der Waals surface area contributed by atoms with E-state index < -0.39 is 12.0 Å². The molecule has 0 unspecified atom stereocenters. The molecule has 2 atom stereocenters. The number of benzene rings is 1. The van der Waals surface area contributed by atoms with Crippen molar-refractivity contribution in [2.24, 2.45) is 5.92 Å². The average Bonchev–Trinajstić information content (AvgIpc) is 2.88. The lowest BCUT2D eigenvalue weighted by molar-refractivity contribution is -0.132. The minimum atomic E-state index is -0.593. The number of carbonyl (C=O) groups is 2. The summed E-state index contributed by atoms with van der Waals surface area (Å²) in [4.78, 5) is 25.5. The normalized spacial score (nSPS) is 18.6. The summed E-state index contributed by atoms with van der Waals surface area (Å²) in [6, 6.07) is 11.7. The van der Waals surface area contributed by atoms with Gasteiger partial charge < -0.3 is 4.74 Å². The van der Waals surface area contributed by atoms with Crippen LogP contribution in [0, 0.1) is 17.2 Å². The summed E-state index contributed by atoms with van der Waals surface area (Å²) in [6.07, 6.45) is 1.23. The van der Waals surface area contributed by atoms with Gasteiger partial charge in [-0.3, -0.25) is 4.79 Å². The molecule has 0 N–H and O–H groups in total. The smallest absolute Gasteiger partial charge is 0.417 e. The third kappa shape index (κ3) is 3.85. The lowest BCUT2D eigenvalue weighted by Crippen LogP contribution is -2.37. The molecule has 1 aromatic rings. The molecule has 116 valence electrons. The zero-order chi connectivity index (χ0) is 15.9. The van der Waals surface area contributed by atoms with Gasteiger partial charge in [-0.2, -0.15) is 5.26 Å². The molecule has 5 heteroatoms. The second kappa shape index (κ2) is 7.60. The lowest BCUT2D eigenvalue weighted by atomic mass is 9.99. The summed E-state index contributed by atoms with van der Waals surface area (Å²) in [6.45, 7) is 2.22. The molecule has 5 nitrogen and oxygen atoms in total. The molecule has 1 aliphatic heterocycles. The van der Waals surface area contributed by atoms with E-state index in [0.717, 1.165) is 16.9 Å². The molecule has 0 bridgehead atoms. The van der Waals surface area contributed by atoms with E-state index in [-0.39, 0.29) is 25.0 Å². The first-order chi connectivity index (χ1) is 10.7.